The number of morpholine rings is 1. The van der Waals surface area contributed by atoms with Gasteiger partial charge in [-0.25, -0.2) is 0 Å². The number of amides is 1. The SMILES string of the molecule is CCNC(=O)/C(C#N)=C\c1ccc(N2CCOCC2)o1. The first-order valence-electron chi connectivity index (χ1n) is 6.57. The standard InChI is InChI=1S/C14H17N3O3/c1-2-16-14(18)11(10-15)9-12-3-4-13(20-12)17-5-7-19-8-6-17/h3-4,9H,2,5-8H2,1H3,(H,16,18)/b11-9-. The van der Waals surface area contributed by atoms with Gasteiger partial charge >= 0.3 is 0 Å². The van der Waals surface area contributed by atoms with E-state index in [0.717, 1.165) is 19.0 Å². The van der Waals surface area contributed by atoms with E-state index in [2.05, 4.69) is 10.2 Å². The molecule has 2 rings (SSSR count). The van der Waals surface area contributed by atoms with Crippen molar-refractivity contribution in [3.8, 4) is 6.07 Å². The summed E-state index contributed by atoms with van der Waals surface area (Å²) in [6, 6.07) is 5.47. The van der Waals surface area contributed by atoms with Crippen LogP contribution in [0.2, 0.25) is 0 Å². The summed E-state index contributed by atoms with van der Waals surface area (Å²) in [6.45, 7) is 5.18. The fraction of sp³-hybridized carbons (Fsp3) is 0.429. The second-order valence-electron chi connectivity index (χ2n) is 4.30. The van der Waals surface area contributed by atoms with Crippen molar-refractivity contribution in [2.45, 2.75) is 6.92 Å². The number of nitriles is 1. The summed E-state index contributed by atoms with van der Waals surface area (Å²) >= 11 is 0. The number of hydrogen-bond acceptors (Lipinski definition) is 5. The van der Waals surface area contributed by atoms with E-state index in [0.29, 0.717) is 25.5 Å². The van der Waals surface area contributed by atoms with E-state index in [-0.39, 0.29) is 11.5 Å². The molecule has 1 aromatic heterocycles. The summed E-state index contributed by atoms with van der Waals surface area (Å²) in [6.07, 6.45) is 1.45. The molecule has 1 saturated heterocycles. The van der Waals surface area contributed by atoms with E-state index < -0.39 is 0 Å². The molecule has 2 heterocycles. The van der Waals surface area contributed by atoms with Crippen LogP contribution in [-0.4, -0.2) is 38.8 Å². The average Bonchev–Trinajstić information content (AvgIpc) is 2.94. The van der Waals surface area contributed by atoms with Gasteiger partial charge in [0.2, 0.25) is 0 Å². The highest BCUT2D eigenvalue weighted by molar-refractivity contribution is 6.01. The minimum Gasteiger partial charge on any atom is -0.441 e. The van der Waals surface area contributed by atoms with Gasteiger partial charge in [-0.1, -0.05) is 0 Å². The third kappa shape index (κ3) is 3.39. The third-order valence-corrected chi connectivity index (χ3v) is 2.92. The van der Waals surface area contributed by atoms with Gasteiger partial charge in [0, 0.05) is 31.8 Å². The molecule has 0 unspecified atom stereocenters. The molecule has 0 bridgehead atoms. The van der Waals surface area contributed by atoms with Crippen molar-refractivity contribution in [3.05, 3.63) is 23.5 Å². The fourth-order valence-corrected chi connectivity index (χ4v) is 1.92. The Morgan fingerprint density at radius 1 is 1.50 bits per heavy atom. The molecule has 0 spiro atoms. The van der Waals surface area contributed by atoms with Gasteiger partial charge in [-0.3, -0.25) is 4.79 Å². The van der Waals surface area contributed by atoms with Crippen molar-refractivity contribution in [3.63, 3.8) is 0 Å². The Kier molecular flexibility index (Phi) is 4.80. The van der Waals surface area contributed by atoms with E-state index in [1.54, 1.807) is 13.0 Å². The molecule has 1 aliphatic rings. The zero-order valence-corrected chi connectivity index (χ0v) is 11.4. The number of furan rings is 1. The van der Waals surface area contributed by atoms with E-state index >= 15 is 0 Å². The second kappa shape index (κ2) is 6.78. The summed E-state index contributed by atoms with van der Waals surface area (Å²) in [5.74, 6) is 0.835. The Balaban J connectivity index is 2.11. The Hall–Kier alpha value is -2.26. The molecular formula is C14H17N3O3. The van der Waals surface area contributed by atoms with Gasteiger partial charge in [-0.2, -0.15) is 5.26 Å². The lowest BCUT2D eigenvalue weighted by Crippen LogP contribution is -2.35. The van der Waals surface area contributed by atoms with Gasteiger partial charge in [-0.15, -0.1) is 0 Å². The maximum absolute atomic E-state index is 11.6. The molecule has 1 aliphatic heterocycles. The Bertz CT molecular complexity index is 536. The number of ether oxygens (including phenoxy) is 1. The van der Waals surface area contributed by atoms with E-state index in [4.69, 9.17) is 14.4 Å². The highest BCUT2D eigenvalue weighted by Gasteiger charge is 2.15. The second-order valence-corrected chi connectivity index (χ2v) is 4.30. The summed E-state index contributed by atoms with van der Waals surface area (Å²) in [4.78, 5) is 13.7. The van der Waals surface area contributed by atoms with Crippen LogP contribution in [0.15, 0.2) is 22.1 Å². The Morgan fingerprint density at radius 3 is 2.90 bits per heavy atom. The first-order valence-corrected chi connectivity index (χ1v) is 6.57. The van der Waals surface area contributed by atoms with Crippen LogP contribution in [0.4, 0.5) is 5.88 Å². The summed E-state index contributed by atoms with van der Waals surface area (Å²) in [5.41, 5.74) is 0.0368. The minimum absolute atomic E-state index is 0.0368. The number of carbonyl (C=O) groups is 1. The molecule has 1 aromatic rings. The molecule has 1 N–H and O–H groups in total. The monoisotopic (exact) mass is 275 g/mol. The van der Waals surface area contributed by atoms with Crippen molar-refractivity contribution in [1.82, 2.24) is 5.32 Å². The zero-order valence-electron chi connectivity index (χ0n) is 11.4. The normalized spacial score (nSPS) is 15.8. The Labute approximate surface area is 117 Å². The van der Waals surface area contributed by atoms with Gasteiger partial charge in [0.05, 0.1) is 13.2 Å². The van der Waals surface area contributed by atoms with E-state index in [1.165, 1.54) is 6.08 Å². The molecule has 0 aliphatic carbocycles. The number of rotatable bonds is 4. The first-order chi connectivity index (χ1) is 9.74. The lowest BCUT2D eigenvalue weighted by molar-refractivity contribution is -0.116. The van der Waals surface area contributed by atoms with Gasteiger partial charge in [-0.05, 0) is 13.0 Å². The molecule has 1 amide bonds. The number of carbonyl (C=O) groups excluding carboxylic acids is 1. The molecule has 20 heavy (non-hydrogen) atoms. The van der Waals surface area contributed by atoms with E-state index in [1.807, 2.05) is 12.1 Å². The van der Waals surface area contributed by atoms with Crippen LogP contribution in [0.1, 0.15) is 12.7 Å². The molecule has 6 nitrogen and oxygen atoms in total. The van der Waals surface area contributed by atoms with Crippen molar-refractivity contribution in [2.24, 2.45) is 0 Å². The van der Waals surface area contributed by atoms with Crippen LogP contribution in [0.3, 0.4) is 0 Å². The number of likely N-dealkylation sites (N-methyl/N-ethyl adjacent to an activating group) is 1. The maximum Gasteiger partial charge on any atom is 0.262 e. The number of nitrogens with one attached hydrogen (secondary N) is 1. The van der Waals surface area contributed by atoms with Gasteiger partial charge in [0.25, 0.3) is 5.91 Å². The van der Waals surface area contributed by atoms with Crippen LogP contribution >= 0.6 is 0 Å². The van der Waals surface area contributed by atoms with Crippen LogP contribution in [-0.2, 0) is 9.53 Å². The predicted molar refractivity (Wildman–Crippen MR) is 74.0 cm³/mol. The highest BCUT2D eigenvalue weighted by atomic mass is 16.5. The molecule has 0 saturated carbocycles. The minimum atomic E-state index is -0.390. The number of hydrogen-bond donors (Lipinski definition) is 1. The number of nitrogens with zero attached hydrogens (tertiary/aromatic N) is 2. The zero-order chi connectivity index (χ0) is 14.4. The Morgan fingerprint density at radius 2 is 2.25 bits per heavy atom. The summed E-state index contributed by atoms with van der Waals surface area (Å²) < 4.78 is 10.9. The van der Waals surface area contributed by atoms with Crippen molar-refractivity contribution in [1.29, 1.82) is 5.26 Å². The molecule has 1 fully saturated rings. The molecule has 0 radical (unpaired) electrons. The third-order valence-electron chi connectivity index (χ3n) is 2.92. The molecule has 0 aromatic carbocycles. The van der Waals surface area contributed by atoms with E-state index in [9.17, 15) is 4.79 Å². The lowest BCUT2D eigenvalue weighted by atomic mass is 10.2. The largest absolute Gasteiger partial charge is 0.441 e. The topological polar surface area (TPSA) is 78.5 Å². The summed E-state index contributed by atoms with van der Waals surface area (Å²) in [7, 11) is 0. The van der Waals surface area contributed by atoms with Gasteiger partial charge in [0.15, 0.2) is 5.88 Å². The average molecular weight is 275 g/mol. The van der Waals surface area contributed by atoms with Crippen LogP contribution in [0.5, 0.6) is 0 Å². The summed E-state index contributed by atoms with van der Waals surface area (Å²) in [5, 5.41) is 11.6. The quantitative estimate of drug-likeness (QED) is 0.659. The molecule has 0 atom stereocenters. The highest BCUT2D eigenvalue weighted by Crippen LogP contribution is 2.21. The van der Waals surface area contributed by atoms with Crippen LogP contribution < -0.4 is 10.2 Å². The lowest BCUT2D eigenvalue weighted by Gasteiger charge is -2.26. The predicted octanol–water partition coefficient (Wildman–Crippen LogP) is 1.16. The first kappa shape index (κ1) is 14.2. The van der Waals surface area contributed by atoms with Crippen molar-refractivity contribution < 1.29 is 13.9 Å². The maximum atomic E-state index is 11.6. The molecule has 106 valence electrons. The molecular weight excluding hydrogens is 258 g/mol. The molecule has 6 heteroatoms. The van der Waals surface area contributed by atoms with Crippen molar-refractivity contribution >= 4 is 17.9 Å². The number of anilines is 1. The van der Waals surface area contributed by atoms with Gasteiger partial charge in [0.1, 0.15) is 17.4 Å². The smallest absolute Gasteiger partial charge is 0.262 e. The van der Waals surface area contributed by atoms with Gasteiger partial charge < -0.3 is 19.4 Å². The fourth-order valence-electron chi connectivity index (χ4n) is 1.92. The van der Waals surface area contributed by atoms with Crippen LogP contribution in [0.25, 0.3) is 6.08 Å². The van der Waals surface area contributed by atoms with Crippen molar-refractivity contribution in [2.75, 3.05) is 37.7 Å². The van der Waals surface area contributed by atoms with Crippen LogP contribution in [0, 0.1) is 11.3 Å².